The van der Waals surface area contributed by atoms with Crippen LogP contribution in [0.2, 0.25) is 0 Å². The molecule has 0 saturated heterocycles. The van der Waals surface area contributed by atoms with E-state index in [0.29, 0.717) is 5.16 Å². The van der Waals surface area contributed by atoms with E-state index in [2.05, 4.69) is 26.6 Å². The van der Waals surface area contributed by atoms with Crippen molar-refractivity contribution in [2.45, 2.75) is 23.2 Å². The molecule has 1 atom stereocenters. The Bertz CT molecular complexity index is 1180. The first kappa shape index (κ1) is 18.6. The van der Waals surface area contributed by atoms with Crippen LogP contribution in [0, 0.1) is 0 Å². The van der Waals surface area contributed by atoms with Crippen LogP contribution in [0.25, 0.3) is 17.1 Å². The largest absolute Gasteiger partial charge is 0.325 e. The third-order valence-electron chi connectivity index (χ3n) is 5.08. The number of anilines is 1. The third kappa shape index (κ3) is 3.59. The molecule has 7 heteroatoms. The van der Waals surface area contributed by atoms with Crippen molar-refractivity contribution in [3.8, 4) is 17.1 Å². The van der Waals surface area contributed by atoms with E-state index >= 15 is 0 Å². The van der Waals surface area contributed by atoms with Crippen molar-refractivity contribution in [3.63, 3.8) is 0 Å². The molecule has 1 N–H and O–H groups in total. The Kier molecular flexibility index (Phi) is 5.03. The predicted molar refractivity (Wildman–Crippen MR) is 118 cm³/mol. The Balaban J connectivity index is 1.51. The molecule has 0 spiro atoms. The van der Waals surface area contributed by atoms with Gasteiger partial charge in [0, 0.05) is 29.3 Å². The monoisotopic (exact) mass is 413 g/mol. The molecule has 1 aliphatic rings. The fourth-order valence-corrected chi connectivity index (χ4v) is 4.62. The van der Waals surface area contributed by atoms with Crippen LogP contribution in [-0.4, -0.2) is 30.9 Å². The summed E-state index contributed by atoms with van der Waals surface area (Å²) >= 11 is 1.46. The molecule has 0 aliphatic carbocycles. The molecule has 0 saturated carbocycles. The fraction of sp³-hybridized carbons (Fsp3) is 0.130. The highest BCUT2D eigenvalue weighted by molar-refractivity contribution is 8.00. The van der Waals surface area contributed by atoms with Gasteiger partial charge in [-0.15, -0.1) is 10.2 Å². The molecule has 2 aromatic carbocycles. The van der Waals surface area contributed by atoms with Gasteiger partial charge in [-0.2, -0.15) is 0 Å². The number of fused-ring (bicyclic) bond motifs is 1. The van der Waals surface area contributed by atoms with Gasteiger partial charge in [0.05, 0.1) is 5.25 Å². The van der Waals surface area contributed by atoms with Gasteiger partial charge in [0.2, 0.25) is 5.91 Å². The average molecular weight is 414 g/mol. The van der Waals surface area contributed by atoms with E-state index in [1.54, 1.807) is 12.4 Å². The number of thioether (sulfide) groups is 1. The highest BCUT2D eigenvalue weighted by Gasteiger charge is 2.27. The number of rotatable bonds is 4. The smallest absolute Gasteiger partial charge is 0.237 e. The Morgan fingerprint density at radius 1 is 0.933 bits per heavy atom. The minimum Gasteiger partial charge on any atom is -0.325 e. The summed E-state index contributed by atoms with van der Waals surface area (Å²) in [7, 11) is 0. The maximum atomic E-state index is 12.9. The number of amides is 1. The van der Waals surface area contributed by atoms with Gasteiger partial charge in [0.15, 0.2) is 11.0 Å². The number of benzene rings is 2. The van der Waals surface area contributed by atoms with Crippen LogP contribution < -0.4 is 5.32 Å². The minimum absolute atomic E-state index is 0.00183. The van der Waals surface area contributed by atoms with Crippen LogP contribution in [0.3, 0.4) is 0 Å². The summed E-state index contributed by atoms with van der Waals surface area (Å²) in [6.45, 7) is 0. The molecule has 148 valence electrons. The zero-order valence-electron chi connectivity index (χ0n) is 16.1. The van der Waals surface area contributed by atoms with Crippen molar-refractivity contribution in [1.82, 2.24) is 19.7 Å². The number of carbonyl (C=O) groups is 1. The van der Waals surface area contributed by atoms with Crippen LogP contribution in [0.5, 0.6) is 0 Å². The molecule has 1 amide bonds. The molecule has 0 bridgehead atoms. The van der Waals surface area contributed by atoms with E-state index in [1.165, 1.54) is 11.8 Å². The molecule has 0 fully saturated rings. The second kappa shape index (κ2) is 8.12. The lowest BCUT2D eigenvalue weighted by atomic mass is 10.1. The normalized spacial score (nSPS) is 15.9. The van der Waals surface area contributed by atoms with Gasteiger partial charge in [-0.25, -0.2) is 0 Å². The topological polar surface area (TPSA) is 72.7 Å². The summed E-state index contributed by atoms with van der Waals surface area (Å²) in [4.78, 5) is 17.0. The Morgan fingerprint density at radius 2 is 1.70 bits per heavy atom. The molecule has 2 aromatic heterocycles. The van der Waals surface area contributed by atoms with E-state index < -0.39 is 0 Å². The minimum atomic E-state index is -0.255. The number of carbonyl (C=O) groups excluding carboxylic acids is 1. The van der Waals surface area contributed by atoms with E-state index in [-0.39, 0.29) is 11.2 Å². The second-order valence-corrected chi connectivity index (χ2v) is 8.17. The fourth-order valence-electron chi connectivity index (χ4n) is 3.57. The van der Waals surface area contributed by atoms with E-state index in [4.69, 9.17) is 0 Å². The number of aromatic nitrogens is 4. The number of aryl methyl sites for hydroxylation is 1. The lowest BCUT2D eigenvalue weighted by Crippen LogP contribution is -2.24. The van der Waals surface area contributed by atoms with Crippen molar-refractivity contribution in [3.05, 3.63) is 84.7 Å². The summed E-state index contributed by atoms with van der Waals surface area (Å²) < 4.78 is 2.01. The van der Waals surface area contributed by atoms with Gasteiger partial charge in [-0.1, -0.05) is 48.2 Å². The van der Waals surface area contributed by atoms with E-state index in [1.807, 2.05) is 65.2 Å². The first-order valence-corrected chi connectivity index (χ1v) is 10.6. The van der Waals surface area contributed by atoms with Crippen molar-refractivity contribution in [2.75, 3.05) is 5.32 Å². The lowest BCUT2D eigenvalue weighted by Gasteiger charge is -2.14. The van der Waals surface area contributed by atoms with Crippen molar-refractivity contribution in [2.24, 2.45) is 0 Å². The quantitative estimate of drug-likeness (QED) is 0.538. The number of hydrogen-bond acceptors (Lipinski definition) is 5. The van der Waals surface area contributed by atoms with Gasteiger partial charge < -0.3 is 5.32 Å². The van der Waals surface area contributed by atoms with Gasteiger partial charge in [-0.05, 0) is 48.7 Å². The molecular weight excluding hydrogens is 394 g/mol. The molecule has 1 aliphatic heterocycles. The van der Waals surface area contributed by atoms with Gasteiger partial charge in [0.25, 0.3) is 0 Å². The Hall–Kier alpha value is -3.45. The summed E-state index contributed by atoms with van der Waals surface area (Å²) in [5, 5.41) is 12.4. The van der Waals surface area contributed by atoms with Gasteiger partial charge >= 0.3 is 0 Å². The molecule has 4 aromatic rings. The molecule has 1 unspecified atom stereocenters. The standard InChI is InChI=1S/C23H19N5OS/c29-22-20(11-10-16-6-4-5-9-19(16)25-22)30-23-27-26-21(17-12-14-24-15-13-17)28(23)18-7-2-1-3-8-18/h1-9,12-15,20H,10-11H2,(H,25,29). The Labute approximate surface area is 178 Å². The van der Waals surface area contributed by atoms with Gasteiger partial charge in [0.1, 0.15) is 0 Å². The SMILES string of the molecule is O=C1Nc2ccccc2CCC1Sc1nnc(-c2ccncc2)n1-c1ccccc1. The number of nitrogens with one attached hydrogen (secondary N) is 1. The predicted octanol–water partition coefficient (Wildman–Crippen LogP) is 4.37. The zero-order valence-corrected chi connectivity index (χ0v) is 16.9. The first-order valence-electron chi connectivity index (χ1n) is 9.76. The van der Waals surface area contributed by atoms with Gasteiger partial charge in [-0.3, -0.25) is 14.3 Å². The van der Waals surface area contributed by atoms with Crippen molar-refractivity contribution < 1.29 is 4.79 Å². The molecule has 30 heavy (non-hydrogen) atoms. The second-order valence-electron chi connectivity index (χ2n) is 7.00. The van der Waals surface area contributed by atoms with E-state index in [0.717, 1.165) is 41.2 Å². The Morgan fingerprint density at radius 3 is 2.53 bits per heavy atom. The highest BCUT2D eigenvalue weighted by atomic mass is 32.2. The molecule has 3 heterocycles. The van der Waals surface area contributed by atoms with Crippen molar-refractivity contribution in [1.29, 1.82) is 0 Å². The maximum absolute atomic E-state index is 12.9. The third-order valence-corrected chi connectivity index (χ3v) is 6.29. The van der Waals surface area contributed by atoms with Crippen LogP contribution in [0.1, 0.15) is 12.0 Å². The molecule has 0 radical (unpaired) electrons. The van der Waals surface area contributed by atoms with E-state index in [9.17, 15) is 4.79 Å². The van der Waals surface area contributed by atoms with Crippen molar-refractivity contribution >= 4 is 23.4 Å². The van der Waals surface area contributed by atoms with Crippen LogP contribution in [-0.2, 0) is 11.2 Å². The van der Waals surface area contributed by atoms with Crippen LogP contribution in [0.4, 0.5) is 5.69 Å². The summed E-state index contributed by atoms with van der Waals surface area (Å²) in [6, 6.07) is 21.8. The summed E-state index contributed by atoms with van der Waals surface area (Å²) in [6.07, 6.45) is 5.05. The summed E-state index contributed by atoms with van der Waals surface area (Å²) in [5.41, 5.74) is 3.93. The molecular formula is C23H19N5OS. The number of pyridine rings is 1. The number of nitrogens with zero attached hydrogens (tertiary/aromatic N) is 4. The average Bonchev–Trinajstić information content (AvgIpc) is 3.14. The summed E-state index contributed by atoms with van der Waals surface area (Å²) in [5.74, 6) is 0.724. The molecule has 5 rings (SSSR count). The lowest BCUT2D eigenvalue weighted by molar-refractivity contribution is -0.115. The van der Waals surface area contributed by atoms with Crippen LogP contribution >= 0.6 is 11.8 Å². The number of hydrogen-bond donors (Lipinski definition) is 1. The first-order chi connectivity index (χ1) is 14.8. The number of para-hydroxylation sites is 2. The zero-order chi connectivity index (χ0) is 20.3. The highest BCUT2D eigenvalue weighted by Crippen LogP contribution is 2.34. The molecule has 6 nitrogen and oxygen atoms in total. The maximum Gasteiger partial charge on any atom is 0.237 e. The van der Waals surface area contributed by atoms with Crippen LogP contribution in [0.15, 0.2) is 84.3 Å².